The van der Waals surface area contributed by atoms with Crippen molar-refractivity contribution in [3.8, 4) is 0 Å². The minimum absolute atomic E-state index is 0.0847. The number of esters is 4. The molecule has 0 aliphatic heterocycles. The van der Waals surface area contributed by atoms with Crippen molar-refractivity contribution in [3.63, 3.8) is 0 Å². The minimum atomic E-state index is -4.97. The predicted molar refractivity (Wildman–Crippen MR) is 427 cm³/mol. The highest BCUT2D eigenvalue weighted by molar-refractivity contribution is 7.47. The summed E-state index contributed by atoms with van der Waals surface area (Å²) >= 11 is 0. The zero-order valence-electron chi connectivity index (χ0n) is 67.8. The lowest BCUT2D eigenvalue weighted by Gasteiger charge is -2.21. The second-order valence-corrected chi connectivity index (χ2v) is 33.7. The van der Waals surface area contributed by atoms with Gasteiger partial charge in [0, 0.05) is 25.7 Å². The molecule has 0 rings (SSSR count). The monoisotopic (exact) mass is 1520 g/mol. The number of hydrogen-bond acceptors (Lipinski definition) is 15. The molecule has 0 radical (unpaired) electrons. The molecule has 0 heterocycles. The molecule has 0 saturated heterocycles. The highest BCUT2D eigenvalue weighted by Gasteiger charge is 2.30. The maximum atomic E-state index is 13.1. The predicted octanol–water partition coefficient (Wildman–Crippen LogP) is 25.4. The Hall–Kier alpha value is -2.46. The van der Waals surface area contributed by atoms with Gasteiger partial charge in [0.1, 0.15) is 19.3 Å². The van der Waals surface area contributed by atoms with Crippen molar-refractivity contribution in [2.45, 2.75) is 445 Å². The molecule has 614 valence electrons. The normalized spacial score (nSPS) is 14.0. The number of phosphoric ester groups is 2. The Balaban J connectivity index is 5.26. The fourth-order valence-electron chi connectivity index (χ4n) is 12.7. The van der Waals surface area contributed by atoms with Crippen molar-refractivity contribution >= 4 is 39.5 Å². The fourth-order valence-corrected chi connectivity index (χ4v) is 14.3. The van der Waals surface area contributed by atoms with Crippen LogP contribution in [0.3, 0.4) is 0 Å². The average Bonchev–Trinajstić information content (AvgIpc) is 0.910. The first-order valence-electron chi connectivity index (χ1n) is 43.3. The van der Waals surface area contributed by atoms with Gasteiger partial charge < -0.3 is 33.8 Å². The van der Waals surface area contributed by atoms with E-state index >= 15 is 0 Å². The minimum Gasteiger partial charge on any atom is -0.462 e. The van der Waals surface area contributed by atoms with Crippen LogP contribution >= 0.6 is 15.6 Å². The summed E-state index contributed by atoms with van der Waals surface area (Å²) in [4.78, 5) is 73.1. The van der Waals surface area contributed by atoms with Crippen LogP contribution in [0.1, 0.15) is 427 Å². The number of carbonyl (C=O) groups excluding carboxylic acids is 4. The zero-order valence-corrected chi connectivity index (χ0v) is 69.6. The van der Waals surface area contributed by atoms with Gasteiger partial charge in [-0.2, -0.15) is 0 Å². The molecule has 0 aromatic carbocycles. The summed E-state index contributed by atoms with van der Waals surface area (Å²) in [7, 11) is -9.94. The molecule has 0 aromatic heterocycles. The van der Waals surface area contributed by atoms with Crippen LogP contribution in [0.2, 0.25) is 0 Å². The maximum absolute atomic E-state index is 13.1. The molecule has 3 N–H and O–H groups in total. The van der Waals surface area contributed by atoms with Crippen LogP contribution in [0.5, 0.6) is 0 Å². The first kappa shape index (κ1) is 102. The molecule has 2 unspecified atom stereocenters. The van der Waals surface area contributed by atoms with Crippen LogP contribution in [0.25, 0.3) is 0 Å². The van der Waals surface area contributed by atoms with E-state index in [0.29, 0.717) is 25.7 Å². The summed E-state index contributed by atoms with van der Waals surface area (Å²) < 4.78 is 68.8. The lowest BCUT2D eigenvalue weighted by atomic mass is 10.0. The van der Waals surface area contributed by atoms with Crippen LogP contribution < -0.4 is 0 Å². The molecule has 104 heavy (non-hydrogen) atoms. The third kappa shape index (κ3) is 77.7. The summed E-state index contributed by atoms with van der Waals surface area (Å²) in [6.07, 6.45) is 70.4. The lowest BCUT2D eigenvalue weighted by molar-refractivity contribution is -0.161. The second-order valence-electron chi connectivity index (χ2n) is 30.8. The van der Waals surface area contributed by atoms with Gasteiger partial charge in [0.25, 0.3) is 0 Å². The van der Waals surface area contributed by atoms with Crippen molar-refractivity contribution < 1.29 is 80.2 Å². The van der Waals surface area contributed by atoms with Crippen molar-refractivity contribution in [2.24, 2.45) is 11.8 Å². The van der Waals surface area contributed by atoms with Gasteiger partial charge in [-0.15, -0.1) is 0 Å². The van der Waals surface area contributed by atoms with E-state index in [4.69, 9.17) is 37.0 Å². The molecule has 0 aliphatic rings. The molecule has 0 amide bonds. The van der Waals surface area contributed by atoms with Crippen molar-refractivity contribution in [2.75, 3.05) is 39.6 Å². The van der Waals surface area contributed by atoms with E-state index in [-0.39, 0.29) is 25.7 Å². The van der Waals surface area contributed by atoms with Crippen LogP contribution in [-0.4, -0.2) is 96.7 Å². The van der Waals surface area contributed by atoms with Crippen LogP contribution in [-0.2, 0) is 65.4 Å². The molecule has 17 nitrogen and oxygen atoms in total. The summed E-state index contributed by atoms with van der Waals surface area (Å²) in [5.74, 6) is -0.623. The molecular formula is C85H162O17P2. The average molecular weight is 1520 g/mol. The molecule has 5 atom stereocenters. The Bertz CT molecular complexity index is 2090. The third-order valence-corrected chi connectivity index (χ3v) is 21.2. The molecular weight excluding hydrogens is 1350 g/mol. The standard InChI is InChI=1S/C85H162O17P2/c1-7-9-11-13-15-17-19-21-23-24-25-26-27-28-29-31-35-40-44-52-58-64-70-84(89)101-80(73-95-82(87)67-61-55-49-42-38-36-32-33-37-41-47-53-59-65-77(3)4)75-99-103(91,92)97-71-79(86)72-98-104(93,94)100-76-81(74-96-83(88)68-62-56-50-46-45-48-54-60-66-78(5)6)102-85(90)69-63-57-51-43-39-34-30-22-20-18-16-14-12-10-8-2/h18,20,22,30,77-81,86H,7-17,19,21,23-29,31-76H2,1-6H3,(H,91,92)(H,93,94)/b20-18-,30-22-/t79-,80-,81-/m1/s1. The zero-order chi connectivity index (χ0) is 76.4. The first-order valence-corrected chi connectivity index (χ1v) is 46.3. The SMILES string of the molecule is CCCCCC/C=C\C=C/CCCCCCCC(=O)O[C@H](COC(=O)CCCCCCCCCCC(C)C)COP(=O)(O)OC[C@H](O)COP(=O)(O)OC[C@@H](COC(=O)CCCCCCCCCCCCCCCC(C)C)OC(=O)CCCCCCCCCCCCCCCCCCCCCCCC. The van der Waals surface area contributed by atoms with E-state index in [1.54, 1.807) is 0 Å². The van der Waals surface area contributed by atoms with Crippen molar-refractivity contribution in [1.29, 1.82) is 0 Å². The quantitative estimate of drug-likeness (QED) is 0.0169. The molecule has 0 spiro atoms. The van der Waals surface area contributed by atoms with E-state index in [2.05, 4.69) is 65.8 Å². The Labute approximate surface area is 637 Å². The molecule has 0 aromatic rings. The first-order chi connectivity index (χ1) is 50.4. The summed E-state index contributed by atoms with van der Waals surface area (Å²) in [6.45, 7) is 9.57. The number of phosphoric acid groups is 2. The smallest absolute Gasteiger partial charge is 0.462 e. The van der Waals surface area contributed by atoms with Gasteiger partial charge in [0.15, 0.2) is 12.2 Å². The Morgan fingerprint density at radius 1 is 0.298 bits per heavy atom. The van der Waals surface area contributed by atoms with Crippen LogP contribution in [0, 0.1) is 11.8 Å². The van der Waals surface area contributed by atoms with Gasteiger partial charge in [0.2, 0.25) is 0 Å². The number of aliphatic hydroxyl groups excluding tert-OH is 1. The van der Waals surface area contributed by atoms with Gasteiger partial charge in [-0.1, -0.05) is 374 Å². The number of rotatable bonds is 82. The third-order valence-electron chi connectivity index (χ3n) is 19.3. The number of carbonyl (C=O) groups is 4. The molecule has 0 aliphatic carbocycles. The van der Waals surface area contributed by atoms with Gasteiger partial charge in [0.05, 0.1) is 26.4 Å². The summed E-state index contributed by atoms with van der Waals surface area (Å²) in [5.41, 5.74) is 0. The van der Waals surface area contributed by atoms with E-state index in [9.17, 15) is 43.2 Å². The van der Waals surface area contributed by atoms with E-state index < -0.39 is 97.5 Å². The largest absolute Gasteiger partial charge is 0.472 e. The molecule has 19 heteroatoms. The molecule has 0 fully saturated rings. The van der Waals surface area contributed by atoms with E-state index in [1.807, 2.05) is 0 Å². The number of ether oxygens (including phenoxy) is 4. The Morgan fingerprint density at radius 3 is 0.788 bits per heavy atom. The van der Waals surface area contributed by atoms with Crippen molar-refractivity contribution in [1.82, 2.24) is 0 Å². The number of unbranched alkanes of at least 4 members (excludes halogenated alkanes) is 49. The van der Waals surface area contributed by atoms with Gasteiger partial charge in [-0.05, 0) is 63.2 Å². The van der Waals surface area contributed by atoms with Crippen molar-refractivity contribution in [3.05, 3.63) is 24.3 Å². The summed E-state index contributed by atoms with van der Waals surface area (Å²) in [6, 6.07) is 0. The second kappa shape index (κ2) is 75.9. The Morgan fingerprint density at radius 2 is 0.519 bits per heavy atom. The number of aliphatic hydroxyl groups is 1. The highest BCUT2D eigenvalue weighted by atomic mass is 31.2. The lowest BCUT2D eigenvalue weighted by Crippen LogP contribution is -2.30. The van der Waals surface area contributed by atoms with Gasteiger partial charge >= 0.3 is 39.5 Å². The summed E-state index contributed by atoms with van der Waals surface area (Å²) in [5, 5.41) is 10.7. The van der Waals surface area contributed by atoms with E-state index in [0.717, 1.165) is 121 Å². The fraction of sp³-hybridized carbons (Fsp3) is 0.906. The van der Waals surface area contributed by atoms with Gasteiger partial charge in [-0.3, -0.25) is 37.3 Å². The Kier molecular flexibility index (Phi) is 74.1. The van der Waals surface area contributed by atoms with E-state index in [1.165, 1.54) is 225 Å². The van der Waals surface area contributed by atoms with Crippen LogP contribution in [0.4, 0.5) is 0 Å². The topological polar surface area (TPSA) is 237 Å². The number of allylic oxidation sites excluding steroid dienone is 4. The molecule has 0 saturated carbocycles. The van der Waals surface area contributed by atoms with Gasteiger partial charge in [-0.25, -0.2) is 9.13 Å². The maximum Gasteiger partial charge on any atom is 0.472 e. The van der Waals surface area contributed by atoms with Crippen LogP contribution in [0.15, 0.2) is 24.3 Å². The number of hydrogen-bond donors (Lipinski definition) is 3. The highest BCUT2D eigenvalue weighted by Crippen LogP contribution is 2.45. The molecule has 0 bridgehead atoms.